The van der Waals surface area contributed by atoms with Crippen LogP contribution in [0.15, 0.2) is 60.0 Å². The van der Waals surface area contributed by atoms with Crippen molar-refractivity contribution >= 4 is 40.3 Å². The lowest BCUT2D eigenvalue weighted by atomic mass is 10.1. The van der Waals surface area contributed by atoms with Gasteiger partial charge in [-0.3, -0.25) is 4.79 Å². The van der Waals surface area contributed by atoms with Crippen LogP contribution < -0.4 is 11.2 Å². The van der Waals surface area contributed by atoms with Crippen molar-refractivity contribution in [3.8, 4) is 0 Å². The molecule has 3 N–H and O–H groups in total. The van der Waals surface area contributed by atoms with Gasteiger partial charge in [0.2, 0.25) is 0 Å². The third-order valence-corrected chi connectivity index (χ3v) is 6.71. The first-order chi connectivity index (χ1) is 15.5. The molecule has 3 heterocycles. The number of thioether (sulfide) groups is 1. The van der Waals surface area contributed by atoms with Crippen molar-refractivity contribution in [2.45, 2.75) is 23.1 Å². The van der Waals surface area contributed by atoms with E-state index in [-0.39, 0.29) is 5.91 Å². The van der Waals surface area contributed by atoms with Crippen LogP contribution in [0.3, 0.4) is 0 Å². The molecule has 0 spiro atoms. The van der Waals surface area contributed by atoms with Crippen molar-refractivity contribution < 1.29 is 4.79 Å². The molecule has 0 bridgehead atoms. The molecular formula is C24H28N6OS. The van der Waals surface area contributed by atoms with E-state index in [1.165, 1.54) is 5.01 Å². The monoisotopic (exact) mass is 448 g/mol. The fourth-order valence-electron chi connectivity index (χ4n) is 3.61. The summed E-state index contributed by atoms with van der Waals surface area (Å²) >= 11 is 1.76. The Morgan fingerprint density at radius 1 is 1.19 bits per heavy atom. The highest BCUT2D eigenvalue weighted by atomic mass is 32.2. The van der Waals surface area contributed by atoms with Gasteiger partial charge in [-0.05, 0) is 74.3 Å². The van der Waals surface area contributed by atoms with Crippen molar-refractivity contribution in [1.82, 2.24) is 19.9 Å². The summed E-state index contributed by atoms with van der Waals surface area (Å²) in [5, 5.41) is 7.84. The summed E-state index contributed by atoms with van der Waals surface area (Å²) in [4.78, 5) is 24.1. The van der Waals surface area contributed by atoms with Crippen LogP contribution in [0.1, 0.15) is 28.8 Å². The summed E-state index contributed by atoms with van der Waals surface area (Å²) in [5.74, 6) is 5.96. The van der Waals surface area contributed by atoms with E-state index < -0.39 is 0 Å². The molecule has 3 aromatic rings. The first kappa shape index (κ1) is 22.3. The number of fused-ring (bicyclic) bond motifs is 1. The molecule has 0 radical (unpaired) electrons. The summed E-state index contributed by atoms with van der Waals surface area (Å²) < 4.78 is 0. The summed E-state index contributed by atoms with van der Waals surface area (Å²) in [6, 6.07) is 11.5. The van der Waals surface area contributed by atoms with E-state index in [9.17, 15) is 4.79 Å². The number of pyridine rings is 2. The van der Waals surface area contributed by atoms with Crippen molar-refractivity contribution in [1.29, 1.82) is 0 Å². The Labute approximate surface area is 192 Å². The molecule has 32 heavy (non-hydrogen) atoms. The number of piperidine rings is 1. The van der Waals surface area contributed by atoms with Crippen LogP contribution in [-0.2, 0) is 0 Å². The fraction of sp³-hybridized carbons (Fsp3) is 0.292. The highest BCUT2D eigenvalue weighted by Crippen LogP contribution is 2.29. The second kappa shape index (κ2) is 10.1. The number of nitrogens with one attached hydrogen (secondary N) is 1. The van der Waals surface area contributed by atoms with Gasteiger partial charge in [0.25, 0.3) is 5.91 Å². The quantitative estimate of drug-likeness (QED) is 0.437. The molecule has 1 aliphatic heterocycles. The zero-order valence-electron chi connectivity index (χ0n) is 18.4. The summed E-state index contributed by atoms with van der Waals surface area (Å²) in [6.07, 6.45) is 9.46. The third kappa shape index (κ3) is 5.85. The molecular weight excluding hydrogens is 420 g/mol. The lowest BCUT2D eigenvalue weighted by Gasteiger charge is -2.28. The molecule has 0 aliphatic carbocycles. The predicted octanol–water partition coefficient (Wildman–Crippen LogP) is 3.84. The number of likely N-dealkylation sites (tertiary alicyclic amines) is 1. The number of hydrazine groups is 1. The second-order valence-electron chi connectivity index (χ2n) is 8.11. The van der Waals surface area contributed by atoms with Gasteiger partial charge in [-0.1, -0.05) is 12.1 Å². The Bertz CT molecular complexity index is 1120. The summed E-state index contributed by atoms with van der Waals surface area (Å²) in [6.45, 7) is 2.21. The number of amides is 1. The molecule has 1 saturated heterocycles. The molecule has 8 heteroatoms. The zero-order chi connectivity index (χ0) is 22.5. The first-order valence-corrected chi connectivity index (χ1v) is 11.5. The van der Waals surface area contributed by atoms with Gasteiger partial charge in [0, 0.05) is 41.8 Å². The Morgan fingerprint density at radius 3 is 2.78 bits per heavy atom. The number of hydrogen-bond acceptors (Lipinski definition) is 7. The maximum absolute atomic E-state index is 12.9. The molecule has 0 unspecified atom stereocenters. The number of nitrogens with zero attached hydrogens (tertiary/aromatic N) is 4. The van der Waals surface area contributed by atoms with E-state index in [1.54, 1.807) is 43.5 Å². The molecule has 0 atom stereocenters. The average molecular weight is 449 g/mol. The Morgan fingerprint density at radius 2 is 2.00 bits per heavy atom. The molecule has 166 valence electrons. The standard InChI is InChI=1S/C24H28N6OS/c1-29-10-7-21(8-11-29)32-23-15-18(5-9-26-23)24(31)28-22-14-20-13-17(6-12-30(2)25)3-4-19(20)16-27-22/h3-6,9,12-16,21H,7-8,10-11,25H2,1-2H3,(H,27,28,31)/b12-6+. The van der Waals surface area contributed by atoms with Crippen LogP contribution in [0, 0.1) is 0 Å². The van der Waals surface area contributed by atoms with Crippen molar-refractivity contribution in [3.63, 3.8) is 0 Å². The smallest absolute Gasteiger partial charge is 0.256 e. The number of aromatic nitrogens is 2. The number of carbonyl (C=O) groups excluding carboxylic acids is 1. The van der Waals surface area contributed by atoms with E-state index in [0.717, 1.165) is 47.3 Å². The zero-order valence-corrected chi connectivity index (χ0v) is 19.2. The van der Waals surface area contributed by atoms with E-state index in [4.69, 9.17) is 5.84 Å². The molecule has 0 saturated carbocycles. The number of carbonyl (C=O) groups is 1. The van der Waals surface area contributed by atoms with Gasteiger partial charge >= 0.3 is 0 Å². The average Bonchev–Trinajstić information content (AvgIpc) is 2.79. The SMILES string of the molecule is CN(N)/C=C/c1ccc2cnc(NC(=O)c3ccnc(SC4CCN(C)CC4)c3)cc2c1. The number of hydrogen-bond donors (Lipinski definition) is 2. The number of rotatable bonds is 6. The topological polar surface area (TPSA) is 87.4 Å². The second-order valence-corrected chi connectivity index (χ2v) is 9.44. The van der Waals surface area contributed by atoms with E-state index in [1.807, 2.05) is 36.4 Å². The Hall–Kier alpha value is -2.94. The Kier molecular flexibility index (Phi) is 7.04. The fourth-order valence-corrected chi connectivity index (χ4v) is 4.72. The lowest BCUT2D eigenvalue weighted by Crippen LogP contribution is -2.31. The predicted molar refractivity (Wildman–Crippen MR) is 131 cm³/mol. The number of benzene rings is 1. The van der Waals surface area contributed by atoms with E-state index in [2.05, 4.69) is 27.2 Å². The van der Waals surface area contributed by atoms with Crippen LogP contribution in [0.4, 0.5) is 5.82 Å². The molecule has 2 aromatic heterocycles. The van der Waals surface area contributed by atoms with Gasteiger partial charge in [0.15, 0.2) is 0 Å². The minimum Gasteiger partial charge on any atom is -0.321 e. The van der Waals surface area contributed by atoms with Crippen LogP contribution in [0.25, 0.3) is 16.8 Å². The molecule has 1 amide bonds. The number of anilines is 1. The van der Waals surface area contributed by atoms with Crippen LogP contribution in [-0.4, -0.2) is 58.2 Å². The van der Waals surface area contributed by atoms with Crippen LogP contribution in [0.2, 0.25) is 0 Å². The maximum Gasteiger partial charge on any atom is 0.256 e. The summed E-state index contributed by atoms with van der Waals surface area (Å²) in [5.41, 5.74) is 1.60. The highest BCUT2D eigenvalue weighted by Gasteiger charge is 2.19. The van der Waals surface area contributed by atoms with E-state index >= 15 is 0 Å². The largest absolute Gasteiger partial charge is 0.321 e. The van der Waals surface area contributed by atoms with Crippen LogP contribution >= 0.6 is 11.8 Å². The summed E-state index contributed by atoms with van der Waals surface area (Å²) in [7, 11) is 3.92. The normalized spacial score (nSPS) is 15.3. The Balaban J connectivity index is 1.46. The number of nitrogens with two attached hydrogens (primary N) is 1. The molecule has 1 aromatic carbocycles. The van der Waals surface area contributed by atoms with Crippen LogP contribution in [0.5, 0.6) is 0 Å². The highest BCUT2D eigenvalue weighted by molar-refractivity contribution is 7.99. The van der Waals surface area contributed by atoms with Gasteiger partial charge in [0.1, 0.15) is 5.82 Å². The lowest BCUT2D eigenvalue weighted by molar-refractivity contribution is 0.102. The van der Waals surface area contributed by atoms with Gasteiger partial charge in [-0.15, -0.1) is 11.8 Å². The molecule has 7 nitrogen and oxygen atoms in total. The van der Waals surface area contributed by atoms with Gasteiger partial charge in [0.05, 0.1) is 5.03 Å². The van der Waals surface area contributed by atoms with Crippen molar-refractivity contribution in [3.05, 3.63) is 66.1 Å². The van der Waals surface area contributed by atoms with Gasteiger partial charge < -0.3 is 15.2 Å². The van der Waals surface area contributed by atoms with Crippen molar-refractivity contribution in [2.24, 2.45) is 5.84 Å². The first-order valence-electron chi connectivity index (χ1n) is 10.6. The molecule has 4 rings (SSSR count). The van der Waals surface area contributed by atoms with Crippen molar-refractivity contribution in [2.75, 3.05) is 32.5 Å². The van der Waals surface area contributed by atoms with Gasteiger partial charge in [-0.25, -0.2) is 15.8 Å². The minimum atomic E-state index is -0.190. The third-order valence-electron chi connectivity index (χ3n) is 5.44. The van der Waals surface area contributed by atoms with Gasteiger partial charge in [-0.2, -0.15) is 0 Å². The minimum absolute atomic E-state index is 0.190. The molecule has 1 fully saturated rings. The van der Waals surface area contributed by atoms with E-state index in [0.29, 0.717) is 16.6 Å². The maximum atomic E-state index is 12.9. The molecule has 1 aliphatic rings.